The number of fused-ring (bicyclic) bond motifs is 2. The van der Waals surface area contributed by atoms with Crippen LogP contribution < -0.4 is 9.64 Å². The molecule has 5 atom stereocenters. The first-order valence-corrected chi connectivity index (χ1v) is 13.2. The fourth-order valence-electron chi connectivity index (χ4n) is 5.01. The van der Waals surface area contributed by atoms with Crippen LogP contribution in [0.15, 0.2) is 29.2 Å². The van der Waals surface area contributed by atoms with Crippen molar-refractivity contribution in [3.05, 3.63) is 35.9 Å². The molecule has 2 aromatic heterocycles. The number of halogens is 2. The van der Waals surface area contributed by atoms with Gasteiger partial charge in [0.15, 0.2) is 6.10 Å². The maximum Gasteiger partial charge on any atom is 0.210 e. The molecule has 5 heterocycles. The standard InChI is InChI=1S/C24H25F2N3O6S/c1-36(31)23-20-16(28-24(23)35-18-11-34-21-17(30)10-33-22(18)21)3-2-15(27-20)19-13(25)8-12(9-14(19)26)29-4-6-32-7-5-29/h2-3,8-9,17-18,21-22,28,30H,4-7,10-11H2,1H3/t17-,18-,21?,22-,36?/m1/s1. The van der Waals surface area contributed by atoms with Gasteiger partial charge in [-0.15, -0.1) is 0 Å². The van der Waals surface area contributed by atoms with Gasteiger partial charge in [-0.25, -0.2) is 13.8 Å². The Morgan fingerprint density at radius 1 is 1.14 bits per heavy atom. The third-order valence-corrected chi connectivity index (χ3v) is 7.72. The first-order valence-electron chi connectivity index (χ1n) is 11.7. The van der Waals surface area contributed by atoms with E-state index in [0.29, 0.717) is 43.0 Å². The maximum absolute atomic E-state index is 15.2. The first kappa shape index (κ1) is 23.7. The van der Waals surface area contributed by atoms with E-state index in [4.69, 9.17) is 18.9 Å². The third kappa shape index (κ3) is 4.06. The smallest absolute Gasteiger partial charge is 0.210 e. The van der Waals surface area contributed by atoms with Crippen LogP contribution in [0.1, 0.15) is 0 Å². The van der Waals surface area contributed by atoms with Crippen LogP contribution >= 0.6 is 0 Å². The quantitative estimate of drug-likeness (QED) is 0.525. The van der Waals surface area contributed by atoms with Gasteiger partial charge in [0.05, 0.1) is 54.0 Å². The number of aliphatic hydroxyl groups is 1. The summed E-state index contributed by atoms with van der Waals surface area (Å²) in [5.74, 6) is -1.25. The number of hydrogen-bond acceptors (Lipinski definition) is 8. The van der Waals surface area contributed by atoms with Gasteiger partial charge in [-0.05, 0) is 24.3 Å². The van der Waals surface area contributed by atoms with E-state index < -0.39 is 46.8 Å². The van der Waals surface area contributed by atoms with Crippen LogP contribution in [0.5, 0.6) is 5.88 Å². The molecule has 2 N–H and O–H groups in total. The Bertz CT molecular complexity index is 1310. The number of aromatic nitrogens is 2. The lowest BCUT2D eigenvalue weighted by atomic mass is 10.1. The van der Waals surface area contributed by atoms with E-state index in [9.17, 15) is 9.32 Å². The lowest BCUT2D eigenvalue weighted by molar-refractivity contribution is 0.00740. The highest BCUT2D eigenvalue weighted by atomic mass is 32.2. The van der Waals surface area contributed by atoms with Crippen molar-refractivity contribution in [3.8, 4) is 17.1 Å². The lowest BCUT2D eigenvalue weighted by Crippen LogP contribution is -2.36. The van der Waals surface area contributed by atoms with Gasteiger partial charge in [-0.1, -0.05) is 0 Å². The number of morpholine rings is 1. The highest BCUT2D eigenvalue weighted by Crippen LogP contribution is 2.37. The van der Waals surface area contributed by atoms with E-state index in [1.165, 1.54) is 24.5 Å². The summed E-state index contributed by atoms with van der Waals surface area (Å²) in [6.07, 6.45) is -0.710. The zero-order valence-corrected chi connectivity index (χ0v) is 20.2. The average Bonchev–Trinajstić information content (AvgIpc) is 3.54. The number of ether oxygens (including phenoxy) is 4. The van der Waals surface area contributed by atoms with Gasteiger partial charge < -0.3 is 33.9 Å². The van der Waals surface area contributed by atoms with E-state index in [1.807, 2.05) is 4.90 Å². The normalized spacial score (nSPS) is 26.9. The highest BCUT2D eigenvalue weighted by Gasteiger charge is 2.48. The Kier molecular flexibility index (Phi) is 6.16. The van der Waals surface area contributed by atoms with Crippen molar-refractivity contribution in [3.63, 3.8) is 0 Å². The molecule has 0 spiro atoms. The molecule has 3 saturated heterocycles. The van der Waals surface area contributed by atoms with Crippen molar-refractivity contribution in [2.45, 2.75) is 29.3 Å². The zero-order chi connectivity index (χ0) is 25.0. The molecule has 0 amide bonds. The van der Waals surface area contributed by atoms with Crippen LogP contribution in [0.3, 0.4) is 0 Å². The number of aliphatic hydroxyl groups excluding tert-OH is 1. The van der Waals surface area contributed by atoms with Crippen LogP contribution in [-0.4, -0.2) is 89.5 Å². The number of hydrogen-bond donors (Lipinski definition) is 2. The molecule has 2 unspecified atom stereocenters. The molecule has 192 valence electrons. The number of rotatable bonds is 5. The number of nitrogens with one attached hydrogen (secondary N) is 1. The molecule has 1 aromatic carbocycles. The minimum Gasteiger partial charge on any atom is -0.469 e. The molecular weight excluding hydrogens is 496 g/mol. The second kappa shape index (κ2) is 9.34. The van der Waals surface area contributed by atoms with Crippen LogP contribution in [0.4, 0.5) is 14.5 Å². The van der Waals surface area contributed by atoms with Gasteiger partial charge in [-0.2, -0.15) is 0 Å². The van der Waals surface area contributed by atoms with Crippen molar-refractivity contribution < 1.29 is 37.0 Å². The molecule has 3 aliphatic rings. The Hall–Kier alpha value is -2.64. The molecule has 0 bridgehead atoms. The van der Waals surface area contributed by atoms with Crippen LogP contribution in [-0.2, 0) is 25.0 Å². The molecule has 3 aromatic rings. The van der Waals surface area contributed by atoms with Gasteiger partial charge in [-0.3, -0.25) is 4.21 Å². The van der Waals surface area contributed by atoms with Crippen molar-refractivity contribution >= 4 is 27.5 Å². The van der Waals surface area contributed by atoms with E-state index in [0.717, 1.165) is 0 Å². The SMILES string of the molecule is CS(=O)c1c(O[C@@H]2COC3[C@H](O)CO[C@@H]32)[nH]c2ccc(-c3c(F)cc(N4CCOCC4)cc3F)nc12. The van der Waals surface area contributed by atoms with Crippen LogP contribution in [0.2, 0.25) is 0 Å². The molecular formula is C24H25F2N3O6S. The zero-order valence-electron chi connectivity index (χ0n) is 19.4. The summed E-state index contributed by atoms with van der Waals surface area (Å²) >= 11 is 0. The molecule has 6 rings (SSSR count). The van der Waals surface area contributed by atoms with Crippen LogP contribution in [0.25, 0.3) is 22.3 Å². The number of H-pyrrole nitrogens is 1. The Balaban J connectivity index is 1.35. The largest absolute Gasteiger partial charge is 0.469 e. The summed E-state index contributed by atoms with van der Waals surface area (Å²) < 4.78 is 65.6. The number of benzene rings is 1. The second-order valence-corrected chi connectivity index (χ2v) is 10.3. The lowest BCUT2D eigenvalue weighted by Gasteiger charge is -2.29. The number of anilines is 1. The summed E-state index contributed by atoms with van der Waals surface area (Å²) in [5.41, 5.74) is 1.07. The predicted molar refractivity (Wildman–Crippen MR) is 127 cm³/mol. The van der Waals surface area contributed by atoms with Crippen molar-refractivity contribution in [2.75, 3.05) is 50.7 Å². The van der Waals surface area contributed by atoms with E-state index >= 15 is 8.78 Å². The minimum atomic E-state index is -1.54. The Morgan fingerprint density at radius 3 is 2.58 bits per heavy atom. The predicted octanol–water partition coefficient (Wildman–Crippen LogP) is 1.99. The minimum absolute atomic E-state index is 0.0785. The van der Waals surface area contributed by atoms with Gasteiger partial charge in [0.2, 0.25) is 5.88 Å². The summed E-state index contributed by atoms with van der Waals surface area (Å²) in [6, 6.07) is 5.73. The summed E-state index contributed by atoms with van der Waals surface area (Å²) in [7, 11) is -1.54. The molecule has 9 nitrogen and oxygen atoms in total. The second-order valence-electron chi connectivity index (χ2n) is 9.03. The van der Waals surface area contributed by atoms with Gasteiger partial charge in [0, 0.05) is 25.0 Å². The highest BCUT2D eigenvalue weighted by molar-refractivity contribution is 7.84. The van der Waals surface area contributed by atoms with Crippen molar-refractivity contribution in [1.82, 2.24) is 9.97 Å². The number of pyridine rings is 1. The van der Waals surface area contributed by atoms with E-state index in [1.54, 1.807) is 6.07 Å². The van der Waals surface area contributed by atoms with Gasteiger partial charge in [0.1, 0.15) is 40.4 Å². The summed E-state index contributed by atoms with van der Waals surface area (Å²) in [6.45, 7) is 2.46. The number of nitrogens with zero attached hydrogens (tertiary/aromatic N) is 2. The summed E-state index contributed by atoms with van der Waals surface area (Å²) in [5, 5.41) is 9.97. The monoisotopic (exact) mass is 521 g/mol. The van der Waals surface area contributed by atoms with Crippen molar-refractivity contribution in [2.24, 2.45) is 0 Å². The Labute approximate surface area is 207 Å². The molecule has 36 heavy (non-hydrogen) atoms. The fourth-order valence-corrected chi connectivity index (χ4v) is 5.80. The van der Waals surface area contributed by atoms with Crippen molar-refractivity contribution in [1.29, 1.82) is 0 Å². The van der Waals surface area contributed by atoms with E-state index in [-0.39, 0.29) is 35.2 Å². The first-order chi connectivity index (χ1) is 17.4. The molecule has 12 heteroatoms. The topological polar surface area (TPSA) is 106 Å². The van der Waals surface area contributed by atoms with Gasteiger partial charge in [0.25, 0.3) is 0 Å². The molecule has 3 fully saturated rings. The molecule has 0 aliphatic carbocycles. The van der Waals surface area contributed by atoms with E-state index in [2.05, 4.69) is 9.97 Å². The maximum atomic E-state index is 15.2. The molecule has 0 saturated carbocycles. The van der Waals surface area contributed by atoms with Crippen LogP contribution in [0, 0.1) is 11.6 Å². The molecule has 3 aliphatic heterocycles. The molecule has 0 radical (unpaired) electrons. The van der Waals surface area contributed by atoms with Gasteiger partial charge >= 0.3 is 0 Å². The summed E-state index contributed by atoms with van der Waals surface area (Å²) in [4.78, 5) is 9.70. The average molecular weight is 522 g/mol. The number of aromatic amines is 1. The fraction of sp³-hybridized carbons (Fsp3) is 0.458. The third-order valence-electron chi connectivity index (χ3n) is 6.76. The Morgan fingerprint density at radius 2 is 1.86 bits per heavy atom.